The number of aromatic amines is 2. The van der Waals surface area contributed by atoms with E-state index in [0.717, 1.165) is 31.2 Å². The molecule has 2 N–H and O–H groups in total. The van der Waals surface area contributed by atoms with Gasteiger partial charge < -0.3 is 4.98 Å². The third-order valence-corrected chi connectivity index (χ3v) is 5.07. The summed E-state index contributed by atoms with van der Waals surface area (Å²) < 4.78 is 0. The van der Waals surface area contributed by atoms with Crippen LogP contribution in [0.25, 0.3) is 11.1 Å². The van der Waals surface area contributed by atoms with E-state index in [2.05, 4.69) is 56.3 Å². The molecule has 130 valence electrons. The van der Waals surface area contributed by atoms with E-state index in [0.29, 0.717) is 5.92 Å². The van der Waals surface area contributed by atoms with Gasteiger partial charge in [0.1, 0.15) is 5.82 Å². The molecule has 0 spiro atoms. The number of H-pyrrole nitrogens is 2. The minimum Gasteiger partial charge on any atom is -0.345 e. The van der Waals surface area contributed by atoms with E-state index in [-0.39, 0.29) is 0 Å². The highest BCUT2D eigenvalue weighted by Crippen LogP contribution is 2.33. The Labute approximate surface area is 148 Å². The van der Waals surface area contributed by atoms with Gasteiger partial charge in [0.2, 0.25) is 0 Å². The molecule has 3 aromatic rings. The molecule has 0 amide bonds. The van der Waals surface area contributed by atoms with Crippen molar-refractivity contribution in [3.8, 4) is 11.1 Å². The Morgan fingerprint density at radius 1 is 1.16 bits per heavy atom. The minimum absolute atomic E-state index is 0.489. The summed E-state index contributed by atoms with van der Waals surface area (Å²) in [4.78, 5) is 10.3. The fourth-order valence-electron chi connectivity index (χ4n) is 3.76. The van der Waals surface area contributed by atoms with Gasteiger partial charge in [0.15, 0.2) is 0 Å². The van der Waals surface area contributed by atoms with Gasteiger partial charge in [-0.25, -0.2) is 4.98 Å². The standard InChI is InChI=1S/C20H25N5/c1-14-5-7-16(8-6-14)18-11-22-24-20(18)17-4-3-9-25(12-17)13-19-21-10-15(2)23-19/h5-8,10-11,17H,3-4,9,12-13H2,1-2H3,(H,21,23)(H,22,24)/t17-/m1/s1. The molecule has 0 aliphatic carbocycles. The first-order valence-corrected chi connectivity index (χ1v) is 9.02. The fraction of sp³-hybridized carbons (Fsp3) is 0.400. The normalized spacial score (nSPS) is 18.6. The van der Waals surface area contributed by atoms with Crippen molar-refractivity contribution in [2.24, 2.45) is 0 Å². The first-order valence-electron chi connectivity index (χ1n) is 9.02. The second-order valence-electron chi connectivity index (χ2n) is 7.15. The van der Waals surface area contributed by atoms with Crippen molar-refractivity contribution >= 4 is 0 Å². The van der Waals surface area contributed by atoms with Crippen LogP contribution in [0.3, 0.4) is 0 Å². The smallest absolute Gasteiger partial charge is 0.120 e. The zero-order chi connectivity index (χ0) is 17.2. The number of hydrogen-bond acceptors (Lipinski definition) is 3. The maximum absolute atomic E-state index is 4.45. The molecule has 0 bridgehead atoms. The number of hydrogen-bond donors (Lipinski definition) is 2. The number of rotatable bonds is 4. The van der Waals surface area contributed by atoms with Crippen LogP contribution in [0.4, 0.5) is 0 Å². The molecular weight excluding hydrogens is 310 g/mol. The van der Waals surface area contributed by atoms with E-state index in [9.17, 15) is 0 Å². The molecule has 1 saturated heterocycles. The van der Waals surface area contributed by atoms with Crippen molar-refractivity contribution in [3.05, 3.63) is 59.4 Å². The third kappa shape index (κ3) is 3.51. The van der Waals surface area contributed by atoms with Gasteiger partial charge >= 0.3 is 0 Å². The molecule has 0 unspecified atom stereocenters. The number of nitrogens with one attached hydrogen (secondary N) is 2. The van der Waals surface area contributed by atoms with E-state index >= 15 is 0 Å². The average molecular weight is 335 g/mol. The highest BCUT2D eigenvalue weighted by molar-refractivity contribution is 5.66. The van der Waals surface area contributed by atoms with Gasteiger partial charge in [-0.05, 0) is 38.8 Å². The van der Waals surface area contributed by atoms with Gasteiger partial charge in [0.05, 0.1) is 12.7 Å². The van der Waals surface area contributed by atoms with E-state index in [1.165, 1.54) is 35.2 Å². The first kappa shape index (κ1) is 16.1. The van der Waals surface area contributed by atoms with Crippen LogP contribution >= 0.6 is 0 Å². The van der Waals surface area contributed by atoms with Crippen molar-refractivity contribution in [2.75, 3.05) is 13.1 Å². The monoisotopic (exact) mass is 335 g/mol. The Balaban J connectivity index is 1.52. The molecule has 1 aromatic carbocycles. The van der Waals surface area contributed by atoms with Crippen LogP contribution < -0.4 is 0 Å². The van der Waals surface area contributed by atoms with Gasteiger partial charge in [-0.3, -0.25) is 10.00 Å². The zero-order valence-electron chi connectivity index (χ0n) is 14.9. The molecule has 25 heavy (non-hydrogen) atoms. The maximum atomic E-state index is 4.45. The average Bonchev–Trinajstić information content (AvgIpc) is 3.25. The lowest BCUT2D eigenvalue weighted by Crippen LogP contribution is -2.34. The predicted molar refractivity (Wildman–Crippen MR) is 99.3 cm³/mol. The molecule has 3 heterocycles. The fourth-order valence-corrected chi connectivity index (χ4v) is 3.76. The van der Waals surface area contributed by atoms with Crippen LogP contribution in [0.2, 0.25) is 0 Å². The van der Waals surface area contributed by atoms with Crippen LogP contribution in [0.1, 0.15) is 41.5 Å². The van der Waals surface area contributed by atoms with Gasteiger partial charge in [0.25, 0.3) is 0 Å². The summed E-state index contributed by atoms with van der Waals surface area (Å²) in [7, 11) is 0. The Morgan fingerprint density at radius 3 is 2.76 bits per heavy atom. The summed E-state index contributed by atoms with van der Waals surface area (Å²) in [6, 6.07) is 8.71. The molecule has 1 aliphatic heterocycles. The van der Waals surface area contributed by atoms with Crippen LogP contribution in [-0.2, 0) is 6.54 Å². The summed E-state index contributed by atoms with van der Waals surface area (Å²) in [6.45, 7) is 7.23. The molecule has 1 atom stereocenters. The number of imidazole rings is 1. The van der Waals surface area contributed by atoms with Gasteiger partial charge in [-0.15, -0.1) is 0 Å². The van der Waals surface area contributed by atoms with Gasteiger partial charge in [-0.1, -0.05) is 29.8 Å². The van der Waals surface area contributed by atoms with Crippen LogP contribution in [0.5, 0.6) is 0 Å². The molecule has 1 aliphatic rings. The SMILES string of the molecule is Cc1ccc(-c2cn[nH]c2[C@@H]2CCCN(Cc3ncc(C)[nH]3)C2)cc1. The molecular formula is C20H25N5. The summed E-state index contributed by atoms with van der Waals surface area (Å²) in [5.74, 6) is 1.55. The molecule has 5 nitrogen and oxygen atoms in total. The number of aryl methyl sites for hydroxylation is 2. The molecule has 0 radical (unpaired) electrons. The molecule has 2 aromatic heterocycles. The van der Waals surface area contributed by atoms with Crippen molar-refractivity contribution in [2.45, 2.75) is 39.2 Å². The summed E-state index contributed by atoms with van der Waals surface area (Å²) >= 11 is 0. The van der Waals surface area contributed by atoms with E-state index < -0.39 is 0 Å². The van der Waals surface area contributed by atoms with E-state index in [4.69, 9.17) is 0 Å². The van der Waals surface area contributed by atoms with Crippen LogP contribution in [0, 0.1) is 13.8 Å². The quantitative estimate of drug-likeness (QED) is 0.762. The van der Waals surface area contributed by atoms with E-state index in [1.54, 1.807) is 0 Å². The minimum atomic E-state index is 0.489. The summed E-state index contributed by atoms with van der Waals surface area (Å²) in [5, 5.41) is 7.62. The van der Waals surface area contributed by atoms with Crippen molar-refractivity contribution < 1.29 is 0 Å². The molecule has 5 heteroatoms. The number of piperidine rings is 1. The van der Waals surface area contributed by atoms with Gasteiger partial charge in [-0.2, -0.15) is 5.10 Å². The lowest BCUT2D eigenvalue weighted by molar-refractivity contribution is 0.195. The number of nitrogens with zero attached hydrogens (tertiary/aromatic N) is 3. The lowest BCUT2D eigenvalue weighted by atomic mass is 9.90. The highest BCUT2D eigenvalue weighted by atomic mass is 15.2. The second-order valence-corrected chi connectivity index (χ2v) is 7.15. The van der Waals surface area contributed by atoms with Crippen molar-refractivity contribution in [3.63, 3.8) is 0 Å². The topological polar surface area (TPSA) is 60.6 Å². The third-order valence-electron chi connectivity index (χ3n) is 5.07. The summed E-state index contributed by atoms with van der Waals surface area (Å²) in [6.07, 6.45) is 6.28. The lowest BCUT2D eigenvalue weighted by Gasteiger charge is -2.32. The maximum Gasteiger partial charge on any atom is 0.120 e. The molecule has 4 rings (SSSR count). The van der Waals surface area contributed by atoms with Crippen LogP contribution in [-0.4, -0.2) is 38.2 Å². The first-order chi connectivity index (χ1) is 12.2. The second kappa shape index (κ2) is 6.84. The number of aromatic nitrogens is 4. The van der Waals surface area contributed by atoms with Crippen LogP contribution in [0.15, 0.2) is 36.7 Å². The molecule has 1 fully saturated rings. The summed E-state index contributed by atoms with van der Waals surface area (Å²) in [5.41, 5.74) is 6.16. The Bertz CT molecular complexity index is 830. The van der Waals surface area contributed by atoms with Crippen molar-refractivity contribution in [1.82, 2.24) is 25.1 Å². The molecule has 0 saturated carbocycles. The van der Waals surface area contributed by atoms with Crippen molar-refractivity contribution in [1.29, 1.82) is 0 Å². The Kier molecular flexibility index (Phi) is 4.40. The predicted octanol–water partition coefficient (Wildman–Crippen LogP) is 3.80. The van der Waals surface area contributed by atoms with Gasteiger partial charge in [0, 0.05) is 35.6 Å². The Hall–Kier alpha value is -2.40. The zero-order valence-corrected chi connectivity index (χ0v) is 14.9. The largest absolute Gasteiger partial charge is 0.345 e. The highest BCUT2D eigenvalue weighted by Gasteiger charge is 2.25. The number of benzene rings is 1. The number of likely N-dealkylation sites (tertiary alicyclic amines) is 1. The van der Waals surface area contributed by atoms with E-state index in [1.807, 2.05) is 19.3 Å². The Morgan fingerprint density at radius 2 is 2.00 bits per heavy atom.